The van der Waals surface area contributed by atoms with Gasteiger partial charge in [-0.1, -0.05) is 10.5 Å². The van der Waals surface area contributed by atoms with Crippen LogP contribution in [0.3, 0.4) is 0 Å². The van der Waals surface area contributed by atoms with Crippen molar-refractivity contribution in [2.75, 3.05) is 20.6 Å². The minimum absolute atomic E-state index is 0.0853. The maximum Gasteiger partial charge on any atom is 0.109 e. The van der Waals surface area contributed by atoms with Gasteiger partial charge < -0.3 is 15.6 Å². The van der Waals surface area contributed by atoms with Crippen molar-refractivity contribution >= 4 is 17.2 Å². The number of benzene rings is 1. The van der Waals surface area contributed by atoms with E-state index in [4.69, 9.17) is 5.73 Å². The van der Waals surface area contributed by atoms with Crippen molar-refractivity contribution in [3.8, 4) is 0 Å². The Morgan fingerprint density at radius 2 is 2.20 bits per heavy atom. The molecule has 1 heterocycles. The highest BCUT2D eigenvalue weighted by Crippen LogP contribution is 2.21. The smallest absolute Gasteiger partial charge is 0.109 e. The molecule has 108 valence electrons. The van der Waals surface area contributed by atoms with Crippen LogP contribution in [0.25, 0.3) is 10.9 Å². The number of aromatic amines is 1. The van der Waals surface area contributed by atoms with E-state index in [0.29, 0.717) is 5.23 Å². The lowest BCUT2D eigenvalue weighted by atomic mass is 10.1. The molecule has 0 unspecified atom stereocenters. The molecule has 3 N–H and O–H groups in total. The maximum atomic E-state index is 13.3. The van der Waals surface area contributed by atoms with Crippen LogP contribution in [0.2, 0.25) is 0 Å². The Labute approximate surface area is 117 Å². The number of aromatic nitrogens is 1. The van der Waals surface area contributed by atoms with Crippen molar-refractivity contribution in [3.05, 3.63) is 35.5 Å². The van der Waals surface area contributed by atoms with Crippen LogP contribution in [0.5, 0.6) is 0 Å². The Hall–Kier alpha value is -2.08. The number of hydrazone groups is 1. The van der Waals surface area contributed by atoms with Gasteiger partial charge in [-0.2, -0.15) is 0 Å². The third-order valence-electron chi connectivity index (χ3n) is 3.17. The van der Waals surface area contributed by atoms with Crippen LogP contribution in [0.15, 0.2) is 29.5 Å². The van der Waals surface area contributed by atoms with Crippen molar-refractivity contribution in [3.63, 3.8) is 0 Å². The Balaban J connectivity index is 2.20. The Morgan fingerprint density at radius 3 is 2.90 bits per heavy atom. The van der Waals surface area contributed by atoms with E-state index in [-0.39, 0.29) is 6.54 Å². The maximum absolute atomic E-state index is 13.3. The molecule has 0 spiro atoms. The van der Waals surface area contributed by atoms with E-state index in [1.807, 2.05) is 38.5 Å². The fourth-order valence-electron chi connectivity index (χ4n) is 2.14. The third kappa shape index (κ3) is 3.48. The molecule has 1 aromatic heterocycles. The number of rotatable bonds is 6. The van der Waals surface area contributed by atoms with Gasteiger partial charge in [0.2, 0.25) is 0 Å². The highest BCUT2D eigenvalue weighted by Gasteiger charge is 2.07. The lowest BCUT2D eigenvalue weighted by molar-refractivity contribution is 0.0199. The average Bonchev–Trinajstić information content (AvgIpc) is 2.79. The van der Waals surface area contributed by atoms with Gasteiger partial charge in [0.25, 0.3) is 0 Å². The second kappa shape index (κ2) is 6.38. The second-order valence-corrected chi connectivity index (χ2v) is 5.01. The van der Waals surface area contributed by atoms with Gasteiger partial charge in [0, 0.05) is 23.6 Å². The third-order valence-corrected chi connectivity index (χ3v) is 3.17. The normalized spacial score (nSPS) is 11.8. The second-order valence-electron chi connectivity index (χ2n) is 5.01. The lowest BCUT2D eigenvalue weighted by Crippen LogP contribution is -2.14. The van der Waals surface area contributed by atoms with Gasteiger partial charge >= 0.3 is 0 Å². The predicted molar refractivity (Wildman–Crippen MR) is 79.9 cm³/mol. The monoisotopic (exact) mass is 277 g/mol. The zero-order chi connectivity index (χ0) is 14.5. The molecular formula is C14H20FN5. The first-order chi connectivity index (χ1) is 9.60. The van der Waals surface area contributed by atoms with Crippen molar-refractivity contribution in [1.29, 1.82) is 0 Å². The summed E-state index contributed by atoms with van der Waals surface area (Å²) in [5.41, 5.74) is 8.23. The van der Waals surface area contributed by atoms with Crippen LogP contribution < -0.4 is 5.73 Å². The molecule has 1 aromatic carbocycles. The fourth-order valence-corrected chi connectivity index (χ4v) is 2.14. The highest BCUT2D eigenvalue weighted by molar-refractivity contribution is 5.83. The number of fused-ring (bicyclic) bond motifs is 1. The standard InChI is InChI=1S/C14H20FN5/c1-19(2)6-5-12-8-17-14-4-3-11(7-13(12)14)9-20(15)18-10-16/h3-4,7-8,10,17H,5-6,9H2,1-2H3,(H2,16,18). The number of halogens is 1. The van der Waals surface area contributed by atoms with E-state index in [2.05, 4.69) is 15.0 Å². The van der Waals surface area contributed by atoms with Gasteiger partial charge in [-0.3, -0.25) is 0 Å². The lowest BCUT2D eigenvalue weighted by Gasteiger charge is -2.09. The molecule has 0 amide bonds. The summed E-state index contributed by atoms with van der Waals surface area (Å²) in [4.78, 5) is 5.38. The molecule has 0 aliphatic heterocycles. The molecule has 5 nitrogen and oxygen atoms in total. The van der Waals surface area contributed by atoms with Crippen molar-refractivity contribution in [2.45, 2.75) is 13.0 Å². The van der Waals surface area contributed by atoms with E-state index in [1.165, 1.54) is 5.56 Å². The van der Waals surface area contributed by atoms with E-state index in [9.17, 15) is 4.48 Å². The quantitative estimate of drug-likeness (QED) is 0.367. The first-order valence-electron chi connectivity index (χ1n) is 6.51. The van der Waals surface area contributed by atoms with Gasteiger partial charge in [0.1, 0.15) is 6.34 Å². The number of hydrogen-bond donors (Lipinski definition) is 2. The zero-order valence-corrected chi connectivity index (χ0v) is 11.8. The molecule has 0 radical (unpaired) electrons. The van der Waals surface area contributed by atoms with Crippen LogP contribution in [0.1, 0.15) is 11.1 Å². The zero-order valence-electron chi connectivity index (χ0n) is 11.8. The Morgan fingerprint density at radius 1 is 1.40 bits per heavy atom. The highest BCUT2D eigenvalue weighted by atomic mass is 19.2. The summed E-state index contributed by atoms with van der Waals surface area (Å²) in [6.45, 7) is 1.06. The van der Waals surface area contributed by atoms with Crippen molar-refractivity contribution < 1.29 is 4.48 Å². The van der Waals surface area contributed by atoms with Crippen molar-refractivity contribution in [2.24, 2.45) is 10.8 Å². The van der Waals surface area contributed by atoms with Crippen molar-refractivity contribution in [1.82, 2.24) is 15.1 Å². The van der Waals surface area contributed by atoms with Crippen LogP contribution in [0.4, 0.5) is 4.48 Å². The van der Waals surface area contributed by atoms with Gasteiger partial charge in [0.15, 0.2) is 0 Å². The van der Waals surface area contributed by atoms with Crippen LogP contribution >= 0.6 is 0 Å². The summed E-state index contributed by atoms with van der Waals surface area (Å²) in [6.07, 6.45) is 3.91. The molecule has 0 fully saturated rings. The van der Waals surface area contributed by atoms with E-state index in [0.717, 1.165) is 35.8 Å². The molecule has 20 heavy (non-hydrogen) atoms. The minimum atomic E-state index is 0.0853. The van der Waals surface area contributed by atoms with Crippen LogP contribution in [-0.2, 0) is 13.0 Å². The Kier molecular flexibility index (Phi) is 4.57. The SMILES string of the molecule is CN(C)CCc1c[nH]c2ccc(CN(F)/N=C\N)cc12. The van der Waals surface area contributed by atoms with Crippen LogP contribution in [0, 0.1) is 0 Å². The summed E-state index contributed by atoms with van der Waals surface area (Å²) in [6, 6.07) is 5.84. The number of nitrogens with two attached hydrogens (primary N) is 1. The largest absolute Gasteiger partial charge is 0.388 e. The molecule has 0 bridgehead atoms. The first kappa shape index (κ1) is 14.3. The van der Waals surface area contributed by atoms with E-state index >= 15 is 0 Å². The average molecular weight is 277 g/mol. The Bertz CT molecular complexity index is 590. The first-order valence-corrected chi connectivity index (χ1v) is 6.51. The number of nitrogens with zero attached hydrogens (tertiary/aromatic N) is 3. The number of H-pyrrole nitrogens is 1. The molecular weight excluding hydrogens is 257 g/mol. The topological polar surface area (TPSA) is 60.7 Å². The van der Waals surface area contributed by atoms with Gasteiger partial charge in [-0.05, 0) is 43.8 Å². The molecule has 6 heteroatoms. The summed E-state index contributed by atoms with van der Waals surface area (Å²) >= 11 is 0. The number of hydrogen-bond acceptors (Lipinski definition) is 3. The van der Waals surface area contributed by atoms with Gasteiger partial charge in [-0.15, -0.1) is 10.3 Å². The molecule has 0 aliphatic rings. The predicted octanol–water partition coefficient (Wildman–Crippen LogP) is 1.86. The van der Waals surface area contributed by atoms with E-state index in [1.54, 1.807) is 0 Å². The minimum Gasteiger partial charge on any atom is -0.388 e. The molecule has 2 rings (SSSR count). The molecule has 0 aliphatic carbocycles. The number of nitrogens with one attached hydrogen (secondary N) is 1. The molecule has 0 atom stereocenters. The summed E-state index contributed by atoms with van der Waals surface area (Å²) in [7, 11) is 4.10. The molecule has 0 saturated heterocycles. The van der Waals surface area contributed by atoms with E-state index < -0.39 is 0 Å². The van der Waals surface area contributed by atoms with Gasteiger partial charge in [0.05, 0.1) is 6.54 Å². The van der Waals surface area contributed by atoms with Crippen LogP contribution in [-0.4, -0.2) is 42.1 Å². The molecule has 2 aromatic rings. The summed E-state index contributed by atoms with van der Waals surface area (Å²) < 4.78 is 13.3. The van der Waals surface area contributed by atoms with Gasteiger partial charge in [-0.25, -0.2) is 0 Å². The summed E-state index contributed by atoms with van der Waals surface area (Å²) in [5, 5.41) is 4.83. The fraction of sp³-hybridized carbons (Fsp3) is 0.357. The summed E-state index contributed by atoms with van der Waals surface area (Å²) in [5.74, 6) is 0. The molecule has 0 saturated carbocycles. The number of likely N-dealkylation sites (N-methyl/N-ethyl adjacent to an activating group) is 1.